The van der Waals surface area contributed by atoms with E-state index in [4.69, 9.17) is 5.73 Å². The summed E-state index contributed by atoms with van der Waals surface area (Å²) in [6.45, 7) is 0. The molecule has 74 valence electrons. The average molecular weight is 199 g/mol. The summed E-state index contributed by atoms with van der Waals surface area (Å²) < 4.78 is 0. The van der Waals surface area contributed by atoms with Crippen molar-refractivity contribution in [2.24, 2.45) is 5.73 Å². The molecule has 1 amide bonds. The molecule has 0 bridgehead atoms. The van der Waals surface area contributed by atoms with Gasteiger partial charge in [0.1, 0.15) is 0 Å². The van der Waals surface area contributed by atoms with E-state index >= 15 is 0 Å². The van der Waals surface area contributed by atoms with Crippen molar-refractivity contribution in [1.82, 2.24) is 9.97 Å². The molecular weight excluding hydrogens is 190 g/mol. The van der Waals surface area contributed by atoms with Gasteiger partial charge in [-0.15, -0.1) is 0 Å². The normalized spacial score (nSPS) is 9.87. The Morgan fingerprint density at radius 2 is 1.93 bits per heavy atom. The third kappa shape index (κ3) is 1.99. The van der Waals surface area contributed by atoms with Gasteiger partial charge in [0.2, 0.25) is 5.91 Å². The van der Waals surface area contributed by atoms with E-state index < -0.39 is 5.91 Å². The summed E-state index contributed by atoms with van der Waals surface area (Å²) in [6.07, 6.45) is 6.52. The molecule has 0 atom stereocenters. The highest BCUT2D eigenvalue weighted by atomic mass is 16.1. The number of amides is 1. The van der Waals surface area contributed by atoms with Gasteiger partial charge < -0.3 is 5.73 Å². The van der Waals surface area contributed by atoms with Crippen LogP contribution in [-0.4, -0.2) is 15.9 Å². The van der Waals surface area contributed by atoms with Gasteiger partial charge in [-0.25, -0.2) is 0 Å². The first kappa shape index (κ1) is 9.33. The van der Waals surface area contributed by atoms with Crippen molar-refractivity contribution in [2.75, 3.05) is 0 Å². The minimum absolute atomic E-state index is 0.399. The Balaban J connectivity index is 2.46. The summed E-state index contributed by atoms with van der Waals surface area (Å²) in [5.41, 5.74) is 7.31. The van der Waals surface area contributed by atoms with Crippen LogP contribution in [0.1, 0.15) is 10.4 Å². The molecule has 0 saturated carbocycles. The molecule has 0 aliphatic rings. The molecule has 2 N–H and O–H groups in total. The zero-order chi connectivity index (χ0) is 10.7. The summed E-state index contributed by atoms with van der Waals surface area (Å²) in [6, 6.07) is 5.42. The van der Waals surface area contributed by atoms with Gasteiger partial charge in [-0.2, -0.15) is 0 Å². The third-order valence-corrected chi connectivity index (χ3v) is 2.02. The van der Waals surface area contributed by atoms with Crippen molar-refractivity contribution >= 4 is 5.91 Å². The van der Waals surface area contributed by atoms with E-state index in [1.165, 1.54) is 6.20 Å². The van der Waals surface area contributed by atoms with E-state index in [1.54, 1.807) is 24.7 Å². The van der Waals surface area contributed by atoms with E-state index in [1.807, 2.05) is 12.1 Å². The number of nitrogens with two attached hydrogens (primary N) is 1. The molecule has 0 saturated heterocycles. The maximum absolute atomic E-state index is 11.0. The first-order valence-corrected chi connectivity index (χ1v) is 4.42. The van der Waals surface area contributed by atoms with Gasteiger partial charge in [0.25, 0.3) is 0 Å². The molecule has 0 aliphatic heterocycles. The zero-order valence-electron chi connectivity index (χ0n) is 7.92. The maximum Gasteiger partial charge on any atom is 0.250 e. The molecule has 0 aliphatic carbocycles. The van der Waals surface area contributed by atoms with Crippen LogP contribution in [0.4, 0.5) is 0 Å². The van der Waals surface area contributed by atoms with E-state index in [-0.39, 0.29) is 0 Å². The summed E-state index contributed by atoms with van der Waals surface area (Å²) >= 11 is 0. The van der Waals surface area contributed by atoms with Gasteiger partial charge in [0.05, 0.1) is 5.56 Å². The molecule has 2 aromatic rings. The summed E-state index contributed by atoms with van der Waals surface area (Å²) in [5, 5.41) is 0. The molecule has 4 nitrogen and oxygen atoms in total. The minimum Gasteiger partial charge on any atom is -0.366 e. The van der Waals surface area contributed by atoms with Crippen molar-refractivity contribution in [3.63, 3.8) is 0 Å². The van der Waals surface area contributed by atoms with E-state index in [9.17, 15) is 4.79 Å². The second-order valence-corrected chi connectivity index (χ2v) is 3.07. The second-order valence-electron chi connectivity index (χ2n) is 3.07. The van der Waals surface area contributed by atoms with E-state index in [0.29, 0.717) is 5.56 Å². The number of aromatic nitrogens is 2. The first-order chi connectivity index (χ1) is 7.27. The fourth-order valence-corrected chi connectivity index (χ4v) is 1.27. The smallest absolute Gasteiger partial charge is 0.250 e. The lowest BCUT2D eigenvalue weighted by molar-refractivity contribution is 0.1000. The Morgan fingerprint density at radius 3 is 2.60 bits per heavy atom. The quantitative estimate of drug-likeness (QED) is 0.791. The first-order valence-electron chi connectivity index (χ1n) is 4.42. The fraction of sp³-hybridized carbons (Fsp3) is 0. The Morgan fingerprint density at radius 1 is 1.13 bits per heavy atom. The molecule has 15 heavy (non-hydrogen) atoms. The van der Waals surface area contributed by atoms with Crippen molar-refractivity contribution < 1.29 is 4.79 Å². The van der Waals surface area contributed by atoms with Crippen LogP contribution in [0.5, 0.6) is 0 Å². The van der Waals surface area contributed by atoms with Gasteiger partial charge in [0, 0.05) is 35.9 Å². The number of rotatable bonds is 2. The van der Waals surface area contributed by atoms with Crippen LogP contribution >= 0.6 is 0 Å². The molecule has 0 radical (unpaired) electrons. The molecule has 0 unspecified atom stereocenters. The molecule has 4 heteroatoms. The predicted octanol–water partition coefficient (Wildman–Crippen LogP) is 1.24. The monoisotopic (exact) mass is 199 g/mol. The van der Waals surface area contributed by atoms with Crippen molar-refractivity contribution in [3.8, 4) is 11.1 Å². The van der Waals surface area contributed by atoms with Crippen LogP contribution in [0.25, 0.3) is 11.1 Å². The molecule has 0 spiro atoms. The number of carbonyl (C=O) groups is 1. The molecular formula is C11H9N3O. The maximum atomic E-state index is 11.0. The summed E-state index contributed by atoms with van der Waals surface area (Å²) in [4.78, 5) is 18.9. The predicted molar refractivity (Wildman–Crippen MR) is 56.0 cm³/mol. The van der Waals surface area contributed by atoms with Crippen molar-refractivity contribution in [3.05, 3.63) is 48.5 Å². The summed E-state index contributed by atoms with van der Waals surface area (Å²) in [7, 11) is 0. The van der Waals surface area contributed by atoms with Crippen LogP contribution in [-0.2, 0) is 0 Å². The second kappa shape index (κ2) is 3.88. The molecule has 2 heterocycles. The van der Waals surface area contributed by atoms with Crippen LogP contribution in [0, 0.1) is 0 Å². The highest BCUT2D eigenvalue weighted by molar-refractivity contribution is 5.93. The number of pyridine rings is 2. The number of primary amides is 1. The Bertz CT molecular complexity index is 482. The molecule has 0 fully saturated rings. The van der Waals surface area contributed by atoms with Crippen LogP contribution in [0.2, 0.25) is 0 Å². The lowest BCUT2D eigenvalue weighted by Crippen LogP contribution is -2.11. The van der Waals surface area contributed by atoms with Crippen molar-refractivity contribution in [2.45, 2.75) is 0 Å². The van der Waals surface area contributed by atoms with Gasteiger partial charge in [0.15, 0.2) is 0 Å². The van der Waals surface area contributed by atoms with Gasteiger partial charge in [-0.05, 0) is 12.1 Å². The Hall–Kier alpha value is -2.23. The van der Waals surface area contributed by atoms with Crippen molar-refractivity contribution in [1.29, 1.82) is 0 Å². The van der Waals surface area contributed by atoms with Crippen LogP contribution in [0.15, 0.2) is 43.0 Å². The largest absolute Gasteiger partial charge is 0.366 e. The molecule has 2 rings (SSSR count). The molecule has 0 aromatic carbocycles. The van der Waals surface area contributed by atoms with Gasteiger partial charge in [-0.3, -0.25) is 14.8 Å². The van der Waals surface area contributed by atoms with Gasteiger partial charge >= 0.3 is 0 Å². The summed E-state index contributed by atoms with van der Waals surface area (Å²) in [5.74, 6) is -0.478. The highest BCUT2D eigenvalue weighted by Crippen LogP contribution is 2.17. The lowest BCUT2D eigenvalue weighted by Gasteiger charge is -2.01. The topological polar surface area (TPSA) is 68.9 Å². The van der Waals surface area contributed by atoms with Crippen LogP contribution in [0.3, 0.4) is 0 Å². The lowest BCUT2D eigenvalue weighted by atomic mass is 10.1. The van der Waals surface area contributed by atoms with Crippen LogP contribution < -0.4 is 5.73 Å². The third-order valence-electron chi connectivity index (χ3n) is 2.02. The Labute approximate surface area is 86.8 Å². The van der Waals surface area contributed by atoms with E-state index in [2.05, 4.69) is 9.97 Å². The number of nitrogens with zero attached hydrogens (tertiary/aromatic N) is 2. The van der Waals surface area contributed by atoms with Gasteiger partial charge in [-0.1, -0.05) is 6.07 Å². The SMILES string of the molecule is NC(=O)c1cncc(-c2cccnc2)c1. The fourth-order valence-electron chi connectivity index (χ4n) is 1.27. The number of hydrogen-bond acceptors (Lipinski definition) is 3. The minimum atomic E-state index is -0.478. The zero-order valence-corrected chi connectivity index (χ0v) is 7.92. The Kier molecular flexibility index (Phi) is 2.41. The number of carbonyl (C=O) groups excluding carboxylic acids is 1. The standard InChI is InChI=1S/C11H9N3O/c12-11(15)10-4-9(6-14-7-10)8-2-1-3-13-5-8/h1-7H,(H2,12,15). The number of hydrogen-bond donors (Lipinski definition) is 1. The van der Waals surface area contributed by atoms with E-state index in [0.717, 1.165) is 11.1 Å². The molecule has 2 aromatic heterocycles. The average Bonchev–Trinajstić information content (AvgIpc) is 2.30. The highest BCUT2D eigenvalue weighted by Gasteiger charge is 2.03.